The van der Waals surface area contributed by atoms with E-state index >= 15 is 0 Å². The second kappa shape index (κ2) is 11.5. The topological polar surface area (TPSA) is 46.1 Å². The molecule has 1 N–H and O–H groups in total. The molecule has 0 heterocycles. The fourth-order valence-corrected chi connectivity index (χ4v) is 2.37. The Morgan fingerprint density at radius 3 is 2.83 bits per heavy atom. The van der Waals surface area contributed by atoms with Gasteiger partial charge in [0.25, 0.3) is 0 Å². The van der Waals surface area contributed by atoms with Crippen LogP contribution in [0.1, 0.15) is 18.4 Å². The molecule has 1 aliphatic rings. The van der Waals surface area contributed by atoms with Gasteiger partial charge in [-0.15, -0.1) is 24.0 Å². The van der Waals surface area contributed by atoms with Crippen molar-refractivity contribution < 1.29 is 9.47 Å². The van der Waals surface area contributed by atoms with Gasteiger partial charge in [0.05, 0.1) is 13.7 Å². The first kappa shape index (κ1) is 21.0. The first-order valence-electron chi connectivity index (χ1n) is 8.35. The van der Waals surface area contributed by atoms with Gasteiger partial charge in [0.1, 0.15) is 5.75 Å². The molecule has 1 aliphatic carbocycles. The minimum atomic E-state index is 0. The predicted molar refractivity (Wildman–Crippen MR) is 110 cm³/mol. The predicted octanol–water partition coefficient (Wildman–Crippen LogP) is 2.79. The van der Waals surface area contributed by atoms with Gasteiger partial charge in [-0.3, -0.25) is 4.99 Å². The molecule has 0 radical (unpaired) electrons. The quantitative estimate of drug-likeness (QED) is 0.274. The minimum absolute atomic E-state index is 0. The lowest BCUT2D eigenvalue weighted by atomic mass is 10.1. The van der Waals surface area contributed by atoms with Crippen molar-refractivity contribution in [1.82, 2.24) is 10.2 Å². The first-order chi connectivity index (χ1) is 11.2. The second-order valence-electron chi connectivity index (χ2n) is 6.02. The van der Waals surface area contributed by atoms with Gasteiger partial charge in [-0.1, -0.05) is 12.1 Å². The molecule has 1 fully saturated rings. The van der Waals surface area contributed by atoms with Gasteiger partial charge in [-0.25, -0.2) is 0 Å². The molecule has 0 amide bonds. The summed E-state index contributed by atoms with van der Waals surface area (Å²) in [7, 11) is 5.55. The summed E-state index contributed by atoms with van der Waals surface area (Å²) in [5.41, 5.74) is 1.25. The Bertz CT molecular complexity index is 507. The van der Waals surface area contributed by atoms with Crippen LogP contribution in [-0.2, 0) is 11.2 Å². The highest BCUT2D eigenvalue weighted by Crippen LogP contribution is 2.28. The lowest BCUT2D eigenvalue weighted by molar-refractivity contribution is 0.115. The maximum atomic E-state index is 5.68. The molecular formula is C18H30IN3O2. The summed E-state index contributed by atoms with van der Waals surface area (Å²) in [5.74, 6) is 2.63. The molecule has 1 aromatic rings. The summed E-state index contributed by atoms with van der Waals surface area (Å²) in [6.07, 6.45) is 3.61. The van der Waals surface area contributed by atoms with Gasteiger partial charge in [0.15, 0.2) is 5.96 Å². The van der Waals surface area contributed by atoms with Crippen molar-refractivity contribution in [3.8, 4) is 5.75 Å². The van der Waals surface area contributed by atoms with Crippen molar-refractivity contribution in [2.45, 2.75) is 19.3 Å². The normalized spacial score (nSPS) is 14.0. The van der Waals surface area contributed by atoms with E-state index in [4.69, 9.17) is 9.47 Å². The molecule has 0 atom stereocenters. The standard InChI is InChI=1S/C18H29N3O2.HI/c1-19-18(21(2)11-12-23-14-16-7-8-16)20-10-9-15-5-4-6-17(13-15)22-3;/h4-6,13,16H,7-12,14H2,1-3H3,(H,19,20);1H. The van der Waals surface area contributed by atoms with Crippen molar-refractivity contribution in [3.63, 3.8) is 0 Å². The number of likely N-dealkylation sites (N-methyl/N-ethyl adjacent to an activating group) is 1. The van der Waals surface area contributed by atoms with Gasteiger partial charge in [-0.05, 0) is 42.9 Å². The van der Waals surface area contributed by atoms with E-state index in [1.807, 2.05) is 26.2 Å². The molecule has 0 aromatic heterocycles. The van der Waals surface area contributed by atoms with Crippen LogP contribution < -0.4 is 10.1 Å². The third kappa shape index (κ3) is 7.70. The maximum Gasteiger partial charge on any atom is 0.193 e. The van der Waals surface area contributed by atoms with Gasteiger partial charge < -0.3 is 19.7 Å². The monoisotopic (exact) mass is 447 g/mol. The number of rotatable bonds is 9. The molecule has 0 saturated heterocycles. The minimum Gasteiger partial charge on any atom is -0.497 e. The van der Waals surface area contributed by atoms with Crippen LogP contribution in [0.3, 0.4) is 0 Å². The molecule has 0 aliphatic heterocycles. The van der Waals surface area contributed by atoms with Gasteiger partial charge in [-0.2, -0.15) is 0 Å². The molecule has 1 aromatic carbocycles. The number of nitrogens with one attached hydrogen (secondary N) is 1. The number of halogens is 1. The lowest BCUT2D eigenvalue weighted by Crippen LogP contribution is -2.41. The Kier molecular flexibility index (Phi) is 10.1. The molecular weight excluding hydrogens is 417 g/mol. The summed E-state index contributed by atoms with van der Waals surface area (Å²) in [4.78, 5) is 6.44. The summed E-state index contributed by atoms with van der Waals surface area (Å²) in [6.45, 7) is 3.36. The van der Waals surface area contributed by atoms with Gasteiger partial charge in [0, 0.05) is 33.8 Å². The summed E-state index contributed by atoms with van der Waals surface area (Å²) >= 11 is 0. The van der Waals surface area contributed by atoms with E-state index in [0.29, 0.717) is 0 Å². The molecule has 5 nitrogen and oxygen atoms in total. The first-order valence-corrected chi connectivity index (χ1v) is 8.35. The van der Waals surface area contributed by atoms with Crippen molar-refractivity contribution in [3.05, 3.63) is 29.8 Å². The van der Waals surface area contributed by atoms with Gasteiger partial charge in [0.2, 0.25) is 0 Å². The van der Waals surface area contributed by atoms with E-state index in [-0.39, 0.29) is 24.0 Å². The highest BCUT2D eigenvalue weighted by molar-refractivity contribution is 14.0. The van der Waals surface area contributed by atoms with Crippen molar-refractivity contribution in [2.24, 2.45) is 10.9 Å². The highest BCUT2D eigenvalue weighted by Gasteiger charge is 2.21. The Hall–Kier alpha value is -1.02. The Labute approximate surface area is 162 Å². The van der Waals surface area contributed by atoms with Crippen LogP contribution in [0, 0.1) is 5.92 Å². The van der Waals surface area contributed by atoms with E-state index in [2.05, 4.69) is 27.3 Å². The third-order valence-electron chi connectivity index (χ3n) is 4.03. The zero-order chi connectivity index (χ0) is 16.5. The SMILES string of the molecule is CN=C(NCCc1cccc(OC)c1)N(C)CCOCC1CC1.I. The summed E-state index contributed by atoms with van der Waals surface area (Å²) in [5, 5.41) is 3.40. The van der Waals surface area contributed by atoms with E-state index in [9.17, 15) is 0 Å². The maximum absolute atomic E-state index is 5.68. The molecule has 2 rings (SSSR count). The summed E-state index contributed by atoms with van der Waals surface area (Å²) < 4.78 is 10.9. The fourth-order valence-electron chi connectivity index (χ4n) is 2.37. The molecule has 0 bridgehead atoms. The molecule has 6 heteroatoms. The van der Waals surface area contributed by atoms with Crippen LogP contribution in [0.5, 0.6) is 5.75 Å². The number of hydrogen-bond acceptors (Lipinski definition) is 3. The van der Waals surface area contributed by atoms with Gasteiger partial charge >= 0.3 is 0 Å². The average Bonchev–Trinajstić information content (AvgIpc) is 3.40. The number of aliphatic imine (C=N–C) groups is 1. The van der Waals surface area contributed by atoms with Crippen molar-refractivity contribution in [2.75, 3.05) is 47.5 Å². The van der Waals surface area contributed by atoms with E-state index in [1.54, 1.807) is 7.11 Å². The molecule has 136 valence electrons. The number of guanidine groups is 1. The number of nitrogens with zero attached hydrogens (tertiary/aromatic N) is 2. The van der Waals surface area contributed by atoms with E-state index in [0.717, 1.165) is 50.4 Å². The zero-order valence-electron chi connectivity index (χ0n) is 15.0. The van der Waals surface area contributed by atoms with Crippen molar-refractivity contribution >= 4 is 29.9 Å². The Balaban J connectivity index is 0.00000288. The van der Waals surface area contributed by atoms with Crippen LogP contribution in [0.4, 0.5) is 0 Å². The zero-order valence-corrected chi connectivity index (χ0v) is 17.3. The van der Waals surface area contributed by atoms with Crippen LogP contribution in [0.15, 0.2) is 29.3 Å². The van der Waals surface area contributed by atoms with Crippen LogP contribution in [0.2, 0.25) is 0 Å². The lowest BCUT2D eigenvalue weighted by Gasteiger charge is -2.22. The molecule has 0 spiro atoms. The van der Waals surface area contributed by atoms with Crippen molar-refractivity contribution in [1.29, 1.82) is 0 Å². The number of ether oxygens (including phenoxy) is 2. The van der Waals surface area contributed by atoms with E-state index < -0.39 is 0 Å². The fraction of sp³-hybridized carbons (Fsp3) is 0.611. The number of methoxy groups -OCH3 is 1. The number of hydrogen-bond donors (Lipinski definition) is 1. The van der Waals surface area contributed by atoms with Crippen LogP contribution >= 0.6 is 24.0 Å². The summed E-state index contributed by atoms with van der Waals surface area (Å²) in [6, 6.07) is 8.17. The van der Waals surface area contributed by atoms with Crippen LogP contribution in [-0.4, -0.2) is 58.4 Å². The largest absolute Gasteiger partial charge is 0.497 e. The van der Waals surface area contributed by atoms with Crippen LogP contribution in [0.25, 0.3) is 0 Å². The highest BCUT2D eigenvalue weighted by atomic mass is 127. The molecule has 1 saturated carbocycles. The Morgan fingerprint density at radius 2 is 2.17 bits per heavy atom. The number of benzene rings is 1. The second-order valence-corrected chi connectivity index (χ2v) is 6.02. The van der Waals surface area contributed by atoms with E-state index in [1.165, 1.54) is 18.4 Å². The molecule has 24 heavy (non-hydrogen) atoms. The average molecular weight is 447 g/mol. The smallest absolute Gasteiger partial charge is 0.193 e. The molecule has 0 unspecified atom stereocenters. The third-order valence-corrected chi connectivity index (χ3v) is 4.03. The Morgan fingerprint density at radius 1 is 1.38 bits per heavy atom.